The molecule has 0 radical (unpaired) electrons. The van der Waals surface area contributed by atoms with Gasteiger partial charge in [0.2, 0.25) is 0 Å². The number of phosphoric ester groups is 1. The number of carbonyl (C=O) groups is 1. The van der Waals surface area contributed by atoms with Gasteiger partial charge in [0.1, 0.15) is 0 Å². The molecular formula is C5H9O5P. The topological polar surface area (TPSA) is 72.8 Å². The zero-order chi connectivity index (χ0) is 8.91. The van der Waals surface area contributed by atoms with Crippen molar-refractivity contribution < 1.29 is 23.3 Å². The summed E-state index contributed by atoms with van der Waals surface area (Å²) in [4.78, 5) is 18.8. The molecule has 0 aromatic rings. The summed E-state index contributed by atoms with van der Waals surface area (Å²) in [6, 6.07) is 0. The Morgan fingerprint density at radius 3 is 2.73 bits per heavy atom. The smallest absolute Gasteiger partial charge is 0.371 e. The van der Waals surface area contributed by atoms with E-state index in [4.69, 9.17) is 4.89 Å². The van der Waals surface area contributed by atoms with E-state index in [1.54, 1.807) is 0 Å². The first kappa shape index (κ1) is 10.4. The number of carbonyl (C=O) groups excluding carboxylic acids is 1. The molecular weight excluding hydrogens is 171 g/mol. The van der Waals surface area contributed by atoms with Crippen molar-refractivity contribution in [1.29, 1.82) is 0 Å². The molecule has 1 N–H and O–H groups in total. The van der Waals surface area contributed by atoms with Crippen LogP contribution in [0.1, 0.15) is 6.92 Å². The van der Waals surface area contributed by atoms with Gasteiger partial charge in [-0.1, -0.05) is 6.08 Å². The zero-order valence-corrected chi connectivity index (χ0v) is 6.91. The summed E-state index contributed by atoms with van der Waals surface area (Å²) in [7, 11) is -4.19. The van der Waals surface area contributed by atoms with E-state index in [2.05, 4.69) is 15.6 Å². The Kier molecular flexibility index (Phi) is 4.03. The van der Waals surface area contributed by atoms with Crippen LogP contribution in [0.2, 0.25) is 0 Å². The van der Waals surface area contributed by atoms with Gasteiger partial charge >= 0.3 is 13.8 Å². The summed E-state index contributed by atoms with van der Waals surface area (Å²) >= 11 is 0. The summed E-state index contributed by atoms with van der Waals surface area (Å²) in [5.41, 5.74) is 0. The summed E-state index contributed by atoms with van der Waals surface area (Å²) in [6.07, 6.45) is 1.27. The van der Waals surface area contributed by atoms with Crippen LogP contribution in [0.5, 0.6) is 0 Å². The Morgan fingerprint density at radius 2 is 2.36 bits per heavy atom. The average molecular weight is 180 g/mol. The molecule has 0 bridgehead atoms. The Balaban J connectivity index is 3.90. The van der Waals surface area contributed by atoms with Crippen molar-refractivity contribution in [1.82, 2.24) is 0 Å². The first-order valence-corrected chi connectivity index (χ1v) is 4.26. The molecule has 0 aliphatic rings. The molecule has 0 aromatic carbocycles. The third kappa shape index (κ3) is 5.79. The highest BCUT2D eigenvalue weighted by Gasteiger charge is 2.22. The van der Waals surface area contributed by atoms with E-state index < -0.39 is 13.8 Å². The highest BCUT2D eigenvalue weighted by Crippen LogP contribution is 2.42. The predicted octanol–water partition coefficient (Wildman–Crippen LogP) is 0.852. The lowest BCUT2D eigenvalue weighted by Gasteiger charge is -2.07. The first-order valence-electron chi connectivity index (χ1n) is 2.76. The van der Waals surface area contributed by atoms with Gasteiger partial charge in [-0.2, -0.15) is 0 Å². The second-order valence-corrected chi connectivity index (χ2v) is 3.01. The highest BCUT2D eigenvalue weighted by atomic mass is 31.2. The van der Waals surface area contributed by atoms with Crippen LogP contribution in [0, 0.1) is 0 Å². The summed E-state index contributed by atoms with van der Waals surface area (Å²) in [5, 5.41) is 0. The van der Waals surface area contributed by atoms with Crippen LogP contribution in [-0.4, -0.2) is 17.5 Å². The van der Waals surface area contributed by atoms with Crippen molar-refractivity contribution in [3.8, 4) is 0 Å². The second kappa shape index (κ2) is 4.28. The van der Waals surface area contributed by atoms with E-state index in [0.717, 1.165) is 6.92 Å². The van der Waals surface area contributed by atoms with Gasteiger partial charge in [0.15, 0.2) is 0 Å². The molecule has 0 saturated carbocycles. The number of phosphoric acid groups is 1. The first-order chi connectivity index (χ1) is 4.98. The van der Waals surface area contributed by atoms with Gasteiger partial charge < -0.3 is 4.52 Å². The Morgan fingerprint density at radius 1 is 1.82 bits per heavy atom. The Bertz CT molecular complexity index is 199. The van der Waals surface area contributed by atoms with Crippen molar-refractivity contribution in [2.45, 2.75) is 6.92 Å². The van der Waals surface area contributed by atoms with E-state index in [9.17, 15) is 9.36 Å². The van der Waals surface area contributed by atoms with Crippen LogP contribution in [0.4, 0.5) is 0 Å². The molecule has 0 heterocycles. The minimum Gasteiger partial charge on any atom is -0.371 e. The van der Waals surface area contributed by atoms with Crippen LogP contribution in [-0.2, 0) is 18.4 Å². The lowest BCUT2D eigenvalue weighted by atomic mass is 10.7. The Labute approximate surface area is 64.2 Å². The monoisotopic (exact) mass is 180 g/mol. The fourth-order valence-electron chi connectivity index (χ4n) is 0.336. The van der Waals surface area contributed by atoms with Crippen LogP contribution in [0.15, 0.2) is 12.7 Å². The van der Waals surface area contributed by atoms with Crippen molar-refractivity contribution in [2.75, 3.05) is 6.61 Å². The van der Waals surface area contributed by atoms with E-state index in [0.29, 0.717) is 0 Å². The molecule has 1 atom stereocenters. The molecule has 0 spiro atoms. The Hall–Kier alpha value is -0.640. The largest absolute Gasteiger partial charge is 0.529 e. The lowest BCUT2D eigenvalue weighted by Crippen LogP contribution is -1.99. The van der Waals surface area contributed by atoms with E-state index in [-0.39, 0.29) is 6.61 Å². The van der Waals surface area contributed by atoms with Crippen LogP contribution < -0.4 is 0 Å². The normalized spacial score (nSPS) is 15.1. The average Bonchev–Trinajstić information content (AvgIpc) is 1.81. The molecule has 0 aromatic heterocycles. The van der Waals surface area contributed by atoms with Crippen molar-refractivity contribution >= 4 is 13.8 Å². The SMILES string of the molecule is C=CCOP(=O)(O)OC(C)=O. The predicted molar refractivity (Wildman–Crippen MR) is 37.7 cm³/mol. The van der Waals surface area contributed by atoms with Crippen LogP contribution >= 0.6 is 7.82 Å². The second-order valence-electron chi connectivity index (χ2n) is 1.64. The summed E-state index contributed by atoms with van der Waals surface area (Å²) in [6.45, 7) is 4.12. The minimum atomic E-state index is -4.19. The fourth-order valence-corrected chi connectivity index (χ4v) is 1.01. The highest BCUT2D eigenvalue weighted by molar-refractivity contribution is 7.48. The quantitative estimate of drug-likeness (QED) is 0.512. The third-order valence-electron chi connectivity index (χ3n) is 0.599. The third-order valence-corrected chi connectivity index (χ3v) is 1.56. The molecule has 11 heavy (non-hydrogen) atoms. The van der Waals surface area contributed by atoms with Crippen molar-refractivity contribution in [2.24, 2.45) is 0 Å². The standard InChI is InChI=1S/C5H9O5P/c1-3-4-9-11(7,8)10-5(2)6/h3H,1,4H2,2H3,(H,7,8). The van der Waals surface area contributed by atoms with Crippen LogP contribution in [0.3, 0.4) is 0 Å². The zero-order valence-electron chi connectivity index (χ0n) is 6.02. The fraction of sp³-hybridized carbons (Fsp3) is 0.400. The van der Waals surface area contributed by atoms with Gasteiger partial charge in [-0.25, -0.2) is 4.57 Å². The van der Waals surface area contributed by atoms with Crippen LogP contribution in [0.25, 0.3) is 0 Å². The number of rotatable bonds is 4. The van der Waals surface area contributed by atoms with Crippen molar-refractivity contribution in [3.05, 3.63) is 12.7 Å². The molecule has 0 amide bonds. The summed E-state index contributed by atoms with van der Waals surface area (Å²) in [5.74, 6) is -0.861. The van der Waals surface area contributed by atoms with Crippen molar-refractivity contribution in [3.63, 3.8) is 0 Å². The van der Waals surface area contributed by atoms with Gasteiger partial charge in [-0.15, -0.1) is 6.58 Å². The van der Waals surface area contributed by atoms with Gasteiger partial charge in [0, 0.05) is 6.92 Å². The molecule has 0 saturated heterocycles. The van der Waals surface area contributed by atoms with E-state index in [1.165, 1.54) is 6.08 Å². The maximum atomic E-state index is 10.6. The molecule has 0 aliphatic heterocycles. The van der Waals surface area contributed by atoms with Gasteiger partial charge in [0.05, 0.1) is 6.61 Å². The molecule has 0 fully saturated rings. The summed E-state index contributed by atoms with van der Waals surface area (Å²) < 4.78 is 18.8. The minimum absolute atomic E-state index is 0.138. The lowest BCUT2D eigenvalue weighted by molar-refractivity contribution is -0.133. The molecule has 0 aliphatic carbocycles. The van der Waals surface area contributed by atoms with E-state index >= 15 is 0 Å². The number of hydrogen-bond donors (Lipinski definition) is 1. The van der Waals surface area contributed by atoms with Gasteiger partial charge in [-0.3, -0.25) is 14.2 Å². The molecule has 64 valence electrons. The maximum absolute atomic E-state index is 10.6. The molecule has 0 rings (SSSR count). The molecule has 5 nitrogen and oxygen atoms in total. The van der Waals surface area contributed by atoms with Gasteiger partial charge in [0.25, 0.3) is 0 Å². The van der Waals surface area contributed by atoms with Gasteiger partial charge in [-0.05, 0) is 0 Å². The number of hydrogen-bond acceptors (Lipinski definition) is 4. The molecule has 1 unspecified atom stereocenters. The molecule has 6 heteroatoms. The maximum Gasteiger partial charge on any atom is 0.529 e. The van der Waals surface area contributed by atoms with E-state index in [1.807, 2.05) is 0 Å².